The Labute approximate surface area is 72.5 Å². The Hall–Kier alpha value is 0.600. The highest BCUT2D eigenvalue weighted by molar-refractivity contribution is 7.80. The Morgan fingerprint density at radius 3 is 2.80 bits per heavy atom. The summed E-state index contributed by atoms with van der Waals surface area (Å²) >= 11 is 10.0. The van der Waals surface area contributed by atoms with Crippen molar-refractivity contribution >= 4 is 24.2 Å². The SMILES string of the molecule is SCCOC1CCCC1Cl. The van der Waals surface area contributed by atoms with E-state index in [0.717, 1.165) is 25.2 Å². The van der Waals surface area contributed by atoms with Crippen molar-refractivity contribution in [2.45, 2.75) is 30.7 Å². The summed E-state index contributed by atoms with van der Waals surface area (Å²) in [6.07, 6.45) is 3.75. The molecule has 0 heterocycles. The second kappa shape index (κ2) is 4.47. The average molecular weight is 181 g/mol. The molecule has 0 spiro atoms. The van der Waals surface area contributed by atoms with Gasteiger partial charge in [-0.2, -0.15) is 12.6 Å². The fourth-order valence-electron chi connectivity index (χ4n) is 1.27. The molecule has 1 rings (SSSR count). The number of rotatable bonds is 3. The Kier molecular flexibility index (Phi) is 3.89. The number of ether oxygens (including phenoxy) is 1. The van der Waals surface area contributed by atoms with Crippen LogP contribution >= 0.6 is 24.2 Å². The van der Waals surface area contributed by atoms with Crippen LogP contribution in [0.25, 0.3) is 0 Å². The van der Waals surface area contributed by atoms with Crippen molar-refractivity contribution in [1.29, 1.82) is 0 Å². The van der Waals surface area contributed by atoms with E-state index in [1.54, 1.807) is 0 Å². The molecule has 1 saturated carbocycles. The summed E-state index contributed by atoms with van der Waals surface area (Å²) < 4.78 is 5.46. The van der Waals surface area contributed by atoms with Crippen LogP contribution in [-0.2, 0) is 4.74 Å². The van der Waals surface area contributed by atoms with Crippen LogP contribution in [0.1, 0.15) is 19.3 Å². The monoisotopic (exact) mass is 180 g/mol. The zero-order valence-corrected chi connectivity index (χ0v) is 7.57. The van der Waals surface area contributed by atoms with E-state index in [0.29, 0.717) is 6.10 Å². The molecule has 1 fully saturated rings. The zero-order valence-electron chi connectivity index (χ0n) is 5.92. The number of hydrogen-bond acceptors (Lipinski definition) is 2. The standard InChI is InChI=1S/C7H13ClOS/c8-6-2-1-3-7(6)9-4-5-10/h6-7,10H,1-5H2. The normalized spacial score (nSPS) is 33.0. The van der Waals surface area contributed by atoms with Gasteiger partial charge in [-0.15, -0.1) is 11.6 Å². The third kappa shape index (κ3) is 2.33. The van der Waals surface area contributed by atoms with Crippen LogP contribution in [0.2, 0.25) is 0 Å². The lowest BCUT2D eigenvalue weighted by Gasteiger charge is -2.13. The third-order valence-electron chi connectivity index (χ3n) is 1.80. The van der Waals surface area contributed by atoms with Crippen molar-refractivity contribution in [1.82, 2.24) is 0 Å². The van der Waals surface area contributed by atoms with E-state index in [1.165, 1.54) is 6.42 Å². The van der Waals surface area contributed by atoms with Gasteiger partial charge < -0.3 is 4.74 Å². The molecule has 2 atom stereocenters. The summed E-state index contributed by atoms with van der Waals surface area (Å²) in [5.74, 6) is 0.792. The highest BCUT2D eigenvalue weighted by Gasteiger charge is 2.25. The number of halogens is 1. The van der Waals surface area contributed by atoms with Gasteiger partial charge in [0, 0.05) is 5.75 Å². The second-order valence-corrected chi connectivity index (χ2v) is 3.59. The van der Waals surface area contributed by atoms with E-state index in [2.05, 4.69) is 12.6 Å². The van der Waals surface area contributed by atoms with Gasteiger partial charge in [-0.05, 0) is 19.3 Å². The highest BCUT2D eigenvalue weighted by Crippen LogP contribution is 2.26. The molecule has 1 nitrogen and oxygen atoms in total. The molecule has 0 aromatic heterocycles. The van der Waals surface area contributed by atoms with Gasteiger partial charge in [-0.25, -0.2) is 0 Å². The van der Waals surface area contributed by atoms with E-state index in [4.69, 9.17) is 16.3 Å². The van der Waals surface area contributed by atoms with Crippen LogP contribution in [0.3, 0.4) is 0 Å². The molecule has 60 valence electrons. The molecule has 1 aliphatic rings. The van der Waals surface area contributed by atoms with E-state index >= 15 is 0 Å². The third-order valence-corrected chi connectivity index (χ3v) is 2.48. The topological polar surface area (TPSA) is 9.23 Å². The number of thiol groups is 1. The van der Waals surface area contributed by atoms with E-state index in [-0.39, 0.29) is 5.38 Å². The van der Waals surface area contributed by atoms with Crippen LogP contribution in [-0.4, -0.2) is 23.8 Å². The maximum absolute atomic E-state index is 5.96. The summed E-state index contributed by atoms with van der Waals surface area (Å²) in [6, 6.07) is 0. The highest BCUT2D eigenvalue weighted by atomic mass is 35.5. The Morgan fingerprint density at radius 2 is 2.30 bits per heavy atom. The molecule has 0 saturated heterocycles. The Morgan fingerprint density at radius 1 is 1.50 bits per heavy atom. The maximum Gasteiger partial charge on any atom is 0.0739 e. The van der Waals surface area contributed by atoms with Gasteiger partial charge in [0.05, 0.1) is 18.1 Å². The summed E-state index contributed by atoms with van der Waals surface area (Å²) in [5.41, 5.74) is 0. The van der Waals surface area contributed by atoms with Gasteiger partial charge in [-0.3, -0.25) is 0 Å². The van der Waals surface area contributed by atoms with Crippen LogP contribution in [0.5, 0.6) is 0 Å². The summed E-state index contributed by atoms with van der Waals surface area (Å²) in [7, 11) is 0. The molecule has 0 aliphatic heterocycles. The summed E-state index contributed by atoms with van der Waals surface area (Å²) in [6.45, 7) is 0.733. The van der Waals surface area contributed by atoms with E-state index < -0.39 is 0 Å². The first-order chi connectivity index (χ1) is 4.84. The molecule has 3 heteroatoms. The zero-order chi connectivity index (χ0) is 7.40. The minimum absolute atomic E-state index is 0.250. The lowest BCUT2D eigenvalue weighted by atomic mass is 10.3. The molecule has 10 heavy (non-hydrogen) atoms. The van der Waals surface area contributed by atoms with Crippen LogP contribution in [0, 0.1) is 0 Å². The predicted molar refractivity (Wildman–Crippen MR) is 47.1 cm³/mol. The van der Waals surface area contributed by atoms with Crippen LogP contribution in [0.4, 0.5) is 0 Å². The largest absolute Gasteiger partial charge is 0.376 e. The van der Waals surface area contributed by atoms with Crippen molar-refractivity contribution in [3.8, 4) is 0 Å². The summed E-state index contributed by atoms with van der Waals surface area (Å²) in [5, 5.41) is 0.250. The number of alkyl halides is 1. The quantitative estimate of drug-likeness (QED) is 0.517. The first-order valence-electron chi connectivity index (χ1n) is 3.71. The minimum atomic E-state index is 0.250. The Bertz CT molecular complexity index is 99.6. The van der Waals surface area contributed by atoms with E-state index in [9.17, 15) is 0 Å². The first kappa shape index (κ1) is 8.69. The van der Waals surface area contributed by atoms with Gasteiger partial charge >= 0.3 is 0 Å². The molecule has 0 bridgehead atoms. The van der Waals surface area contributed by atoms with E-state index in [1.807, 2.05) is 0 Å². The van der Waals surface area contributed by atoms with Crippen molar-refractivity contribution in [2.75, 3.05) is 12.4 Å². The molecular weight excluding hydrogens is 168 g/mol. The second-order valence-electron chi connectivity index (χ2n) is 2.58. The molecule has 0 N–H and O–H groups in total. The fourth-order valence-corrected chi connectivity index (χ4v) is 1.73. The molecule has 0 aromatic rings. The van der Waals surface area contributed by atoms with Crippen molar-refractivity contribution < 1.29 is 4.74 Å². The lowest BCUT2D eigenvalue weighted by Crippen LogP contribution is -2.19. The Balaban J connectivity index is 2.14. The van der Waals surface area contributed by atoms with Crippen molar-refractivity contribution in [2.24, 2.45) is 0 Å². The average Bonchev–Trinajstić information content (AvgIpc) is 2.31. The number of hydrogen-bond donors (Lipinski definition) is 1. The van der Waals surface area contributed by atoms with Crippen LogP contribution in [0.15, 0.2) is 0 Å². The maximum atomic E-state index is 5.96. The smallest absolute Gasteiger partial charge is 0.0739 e. The minimum Gasteiger partial charge on any atom is -0.376 e. The molecule has 0 radical (unpaired) electrons. The van der Waals surface area contributed by atoms with Gasteiger partial charge in [0.15, 0.2) is 0 Å². The van der Waals surface area contributed by atoms with Crippen molar-refractivity contribution in [3.63, 3.8) is 0 Å². The van der Waals surface area contributed by atoms with Gasteiger partial charge in [0.2, 0.25) is 0 Å². The van der Waals surface area contributed by atoms with Crippen molar-refractivity contribution in [3.05, 3.63) is 0 Å². The van der Waals surface area contributed by atoms with Crippen LogP contribution < -0.4 is 0 Å². The predicted octanol–water partition coefficient (Wildman–Crippen LogP) is 2.09. The molecule has 0 aromatic carbocycles. The molecule has 0 amide bonds. The fraction of sp³-hybridized carbons (Fsp3) is 1.00. The molecule has 2 unspecified atom stereocenters. The molecular formula is C7H13ClOS. The van der Waals surface area contributed by atoms with Gasteiger partial charge in [0.1, 0.15) is 0 Å². The molecule has 1 aliphatic carbocycles. The lowest BCUT2D eigenvalue weighted by molar-refractivity contribution is 0.0728. The van der Waals surface area contributed by atoms with Gasteiger partial charge in [0.25, 0.3) is 0 Å². The van der Waals surface area contributed by atoms with Gasteiger partial charge in [-0.1, -0.05) is 0 Å². The first-order valence-corrected chi connectivity index (χ1v) is 4.78. The summed E-state index contributed by atoms with van der Waals surface area (Å²) in [4.78, 5) is 0.